The predicted octanol–water partition coefficient (Wildman–Crippen LogP) is 2.53. The molecule has 0 aliphatic heterocycles. The number of amides is 1. The number of ether oxygens (including phenoxy) is 1. The van der Waals surface area contributed by atoms with E-state index in [0.29, 0.717) is 11.1 Å². The van der Waals surface area contributed by atoms with Gasteiger partial charge in [-0.3, -0.25) is 4.79 Å². The van der Waals surface area contributed by atoms with Gasteiger partial charge < -0.3 is 14.5 Å². The van der Waals surface area contributed by atoms with Crippen LogP contribution in [-0.2, 0) is 14.3 Å². The lowest BCUT2D eigenvalue weighted by Gasteiger charge is -2.21. The molecule has 0 radical (unpaired) electrons. The van der Waals surface area contributed by atoms with Crippen LogP contribution in [0.25, 0.3) is 11.5 Å². The number of aromatic nitrogens is 2. The molecule has 2 atom stereocenters. The monoisotopic (exact) mass is 363 g/mol. The summed E-state index contributed by atoms with van der Waals surface area (Å²) >= 11 is 1.12. The second-order valence-electron chi connectivity index (χ2n) is 5.48. The van der Waals surface area contributed by atoms with E-state index in [2.05, 4.69) is 15.5 Å². The van der Waals surface area contributed by atoms with Crippen molar-refractivity contribution in [3.8, 4) is 11.5 Å². The molecule has 25 heavy (non-hydrogen) atoms. The van der Waals surface area contributed by atoms with Crippen molar-refractivity contribution < 1.29 is 18.7 Å². The van der Waals surface area contributed by atoms with E-state index >= 15 is 0 Å². The molecule has 2 unspecified atom stereocenters. The molecule has 0 saturated carbocycles. The minimum Gasteiger partial charge on any atom is -0.467 e. The van der Waals surface area contributed by atoms with Crippen LogP contribution in [0.1, 0.15) is 20.3 Å². The summed E-state index contributed by atoms with van der Waals surface area (Å²) in [5.41, 5.74) is 0.814. The number of thioether (sulfide) groups is 1. The summed E-state index contributed by atoms with van der Waals surface area (Å²) in [7, 11) is 1.31. The largest absolute Gasteiger partial charge is 0.467 e. The minimum atomic E-state index is -0.661. The van der Waals surface area contributed by atoms with E-state index in [0.717, 1.165) is 23.7 Å². The smallest absolute Gasteiger partial charge is 0.328 e. The van der Waals surface area contributed by atoms with E-state index in [1.165, 1.54) is 7.11 Å². The average molecular weight is 363 g/mol. The van der Waals surface area contributed by atoms with Gasteiger partial charge in [0, 0.05) is 5.56 Å². The Morgan fingerprint density at radius 2 is 2.00 bits per heavy atom. The van der Waals surface area contributed by atoms with Crippen LogP contribution in [-0.4, -0.2) is 41.0 Å². The van der Waals surface area contributed by atoms with Gasteiger partial charge in [0.25, 0.3) is 5.22 Å². The Kier molecular flexibility index (Phi) is 7.00. The molecule has 1 amide bonds. The number of methoxy groups -OCH3 is 1. The predicted molar refractivity (Wildman–Crippen MR) is 93.9 cm³/mol. The van der Waals surface area contributed by atoms with Crippen LogP contribution < -0.4 is 5.32 Å². The highest BCUT2D eigenvalue weighted by Crippen LogP contribution is 2.22. The van der Waals surface area contributed by atoms with E-state index in [1.807, 2.05) is 44.2 Å². The van der Waals surface area contributed by atoms with Gasteiger partial charge in [-0.05, 0) is 18.1 Å². The van der Waals surface area contributed by atoms with Crippen molar-refractivity contribution in [3.63, 3.8) is 0 Å². The van der Waals surface area contributed by atoms with Gasteiger partial charge in [-0.25, -0.2) is 4.79 Å². The minimum absolute atomic E-state index is 0.0190. The Bertz CT molecular complexity index is 705. The Labute approximate surface area is 150 Å². The zero-order chi connectivity index (χ0) is 18.2. The maximum atomic E-state index is 12.1. The zero-order valence-corrected chi connectivity index (χ0v) is 15.2. The van der Waals surface area contributed by atoms with Crippen LogP contribution in [0, 0.1) is 5.92 Å². The summed E-state index contributed by atoms with van der Waals surface area (Å²) in [5.74, 6) is -0.289. The summed E-state index contributed by atoms with van der Waals surface area (Å²) < 4.78 is 10.3. The fourth-order valence-corrected chi connectivity index (χ4v) is 2.68. The second kappa shape index (κ2) is 9.22. The number of nitrogens with one attached hydrogen (secondary N) is 1. The van der Waals surface area contributed by atoms with Crippen molar-refractivity contribution in [1.29, 1.82) is 0 Å². The van der Waals surface area contributed by atoms with Crippen LogP contribution in [0.2, 0.25) is 0 Å². The quantitative estimate of drug-likeness (QED) is 0.569. The van der Waals surface area contributed by atoms with E-state index < -0.39 is 12.0 Å². The Morgan fingerprint density at radius 1 is 1.28 bits per heavy atom. The lowest BCUT2D eigenvalue weighted by Crippen LogP contribution is -2.46. The third kappa shape index (κ3) is 5.32. The molecule has 1 aromatic carbocycles. The molecule has 0 saturated heterocycles. The molecule has 8 heteroatoms. The first-order valence-electron chi connectivity index (χ1n) is 7.94. The summed E-state index contributed by atoms with van der Waals surface area (Å²) in [4.78, 5) is 23.9. The highest BCUT2D eigenvalue weighted by molar-refractivity contribution is 7.99. The number of hydrogen-bond donors (Lipinski definition) is 1. The standard InChI is InChI=1S/C17H21N3O4S/c1-4-11(2)14(16(22)23-3)18-13(21)10-25-17-20-19-15(24-17)12-8-6-5-7-9-12/h5-9,11,14H,4,10H2,1-3H3,(H,18,21). The summed E-state index contributed by atoms with van der Waals surface area (Å²) in [6.45, 7) is 3.84. The number of benzene rings is 1. The molecule has 2 aromatic rings. The number of rotatable bonds is 8. The van der Waals surface area contributed by atoms with Crippen molar-refractivity contribution >= 4 is 23.6 Å². The number of hydrogen-bond acceptors (Lipinski definition) is 7. The van der Waals surface area contributed by atoms with Gasteiger partial charge in [0.15, 0.2) is 0 Å². The van der Waals surface area contributed by atoms with Gasteiger partial charge in [-0.15, -0.1) is 10.2 Å². The van der Waals surface area contributed by atoms with Crippen molar-refractivity contribution in [2.24, 2.45) is 5.92 Å². The highest BCUT2D eigenvalue weighted by atomic mass is 32.2. The van der Waals surface area contributed by atoms with Crippen LogP contribution >= 0.6 is 11.8 Å². The van der Waals surface area contributed by atoms with E-state index in [1.54, 1.807) is 0 Å². The first-order chi connectivity index (χ1) is 12.0. The molecule has 1 aromatic heterocycles. The van der Waals surface area contributed by atoms with Crippen molar-refractivity contribution in [2.45, 2.75) is 31.5 Å². The van der Waals surface area contributed by atoms with Crippen LogP contribution in [0.4, 0.5) is 0 Å². The lowest BCUT2D eigenvalue weighted by atomic mass is 9.99. The molecule has 0 bridgehead atoms. The molecule has 0 fully saturated rings. The molecule has 0 aliphatic rings. The van der Waals surface area contributed by atoms with Crippen molar-refractivity contribution in [2.75, 3.05) is 12.9 Å². The van der Waals surface area contributed by atoms with E-state index in [-0.39, 0.29) is 17.6 Å². The van der Waals surface area contributed by atoms with E-state index in [4.69, 9.17) is 9.15 Å². The SMILES string of the molecule is CCC(C)C(NC(=O)CSc1nnc(-c2ccccc2)o1)C(=O)OC. The van der Waals surface area contributed by atoms with Gasteiger partial charge in [0.1, 0.15) is 6.04 Å². The average Bonchev–Trinajstić information content (AvgIpc) is 3.13. The summed E-state index contributed by atoms with van der Waals surface area (Å²) in [5, 5.41) is 10.9. The first-order valence-corrected chi connectivity index (χ1v) is 8.92. The summed E-state index contributed by atoms with van der Waals surface area (Å²) in [6, 6.07) is 8.72. The molecule has 134 valence electrons. The van der Waals surface area contributed by atoms with Gasteiger partial charge >= 0.3 is 5.97 Å². The van der Waals surface area contributed by atoms with Crippen LogP contribution in [0.15, 0.2) is 40.0 Å². The molecule has 1 heterocycles. The maximum Gasteiger partial charge on any atom is 0.328 e. The molecule has 0 spiro atoms. The van der Waals surface area contributed by atoms with Crippen LogP contribution in [0.5, 0.6) is 0 Å². The number of esters is 1. The Morgan fingerprint density at radius 3 is 2.64 bits per heavy atom. The number of carbonyl (C=O) groups is 2. The van der Waals surface area contributed by atoms with Gasteiger partial charge in [0.05, 0.1) is 12.9 Å². The molecule has 7 nitrogen and oxygen atoms in total. The van der Waals surface area contributed by atoms with Gasteiger partial charge in [-0.2, -0.15) is 0 Å². The van der Waals surface area contributed by atoms with Gasteiger partial charge in [-0.1, -0.05) is 50.2 Å². The molecular weight excluding hydrogens is 342 g/mol. The third-order valence-corrected chi connectivity index (χ3v) is 4.56. The number of nitrogens with zero attached hydrogens (tertiary/aromatic N) is 2. The topological polar surface area (TPSA) is 94.3 Å². The molecular formula is C17H21N3O4S. The third-order valence-electron chi connectivity index (χ3n) is 3.74. The summed E-state index contributed by atoms with van der Waals surface area (Å²) in [6.07, 6.45) is 0.747. The molecule has 0 aliphatic carbocycles. The fourth-order valence-electron chi connectivity index (χ4n) is 2.10. The molecule has 1 N–H and O–H groups in total. The zero-order valence-electron chi connectivity index (χ0n) is 14.4. The fraction of sp³-hybridized carbons (Fsp3) is 0.412. The first kappa shape index (κ1) is 19.0. The van der Waals surface area contributed by atoms with Gasteiger partial charge in [0.2, 0.25) is 11.8 Å². The van der Waals surface area contributed by atoms with Crippen molar-refractivity contribution in [1.82, 2.24) is 15.5 Å². The van der Waals surface area contributed by atoms with E-state index in [9.17, 15) is 9.59 Å². The Balaban J connectivity index is 1.91. The number of carbonyl (C=O) groups excluding carboxylic acids is 2. The highest BCUT2D eigenvalue weighted by Gasteiger charge is 2.26. The second-order valence-corrected chi connectivity index (χ2v) is 6.41. The van der Waals surface area contributed by atoms with Crippen LogP contribution in [0.3, 0.4) is 0 Å². The maximum absolute atomic E-state index is 12.1. The van der Waals surface area contributed by atoms with Crippen molar-refractivity contribution in [3.05, 3.63) is 30.3 Å². The molecule has 2 rings (SSSR count). The lowest BCUT2D eigenvalue weighted by molar-refractivity contribution is -0.146. The normalized spacial score (nSPS) is 13.1. The Hall–Kier alpha value is -2.35.